The fourth-order valence-electron chi connectivity index (χ4n) is 2.13. The summed E-state index contributed by atoms with van der Waals surface area (Å²) in [5.41, 5.74) is 0.361. The van der Waals surface area contributed by atoms with Crippen LogP contribution >= 0.6 is 0 Å². The maximum absolute atomic E-state index is 13.6. The lowest BCUT2D eigenvalue weighted by Gasteiger charge is -2.15. The van der Waals surface area contributed by atoms with Gasteiger partial charge in [-0.1, -0.05) is 6.07 Å². The Hall–Kier alpha value is -2.23. The van der Waals surface area contributed by atoms with Crippen molar-refractivity contribution in [3.05, 3.63) is 53.6 Å². The number of nitrogens with one attached hydrogen (secondary N) is 1. The highest BCUT2D eigenvalue weighted by molar-refractivity contribution is 7.89. The quantitative estimate of drug-likeness (QED) is 0.775. The Morgan fingerprint density at radius 3 is 2.40 bits per heavy atom. The summed E-state index contributed by atoms with van der Waals surface area (Å²) in [7, 11) is -1.45. The molecule has 0 spiro atoms. The third-order valence-corrected chi connectivity index (χ3v) is 4.88. The largest absolute Gasteiger partial charge is 0.493 e. The van der Waals surface area contributed by atoms with Gasteiger partial charge in [0.2, 0.25) is 10.0 Å². The molecule has 136 valence electrons. The van der Waals surface area contributed by atoms with Gasteiger partial charge in [-0.05, 0) is 35.9 Å². The normalized spacial score (nSPS) is 12.7. The molecule has 0 aliphatic rings. The summed E-state index contributed by atoms with van der Waals surface area (Å²) in [6.07, 6.45) is -1.23. The second-order valence-corrected chi connectivity index (χ2v) is 6.79. The topological polar surface area (TPSA) is 84.9 Å². The summed E-state index contributed by atoms with van der Waals surface area (Å²) < 4.78 is 63.2. The van der Waals surface area contributed by atoms with Crippen LogP contribution in [-0.2, 0) is 10.0 Å². The van der Waals surface area contributed by atoms with Gasteiger partial charge in [-0.15, -0.1) is 0 Å². The minimum Gasteiger partial charge on any atom is -0.493 e. The van der Waals surface area contributed by atoms with Crippen LogP contribution in [0.1, 0.15) is 11.7 Å². The molecule has 0 heterocycles. The van der Waals surface area contributed by atoms with Crippen LogP contribution in [0.5, 0.6) is 11.5 Å². The number of aliphatic hydroxyl groups excluding tert-OH is 1. The maximum atomic E-state index is 13.6. The Labute approximate surface area is 144 Å². The van der Waals surface area contributed by atoms with Gasteiger partial charge >= 0.3 is 0 Å². The molecule has 9 heteroatoms. The average molecular weight is 373 g/mol. The zero-order valence-electron chi connectivity index (χ0n) is 13.5. The van der Waals surface area contributed by atoms with Gasteiger partial charge in [0.25, 0.3) is 0 Å². The second kappa shape index (κ2) is 7.77. The number of hydrogen-bond acceptors (Lipinski definition) is 5. The molecular formula is C16H17F2NO5S. The fourth-order valence-corrected chi connectivity index (χ4v) is 3.25. The number of halogens is 2. The van der Waals surface area contributed by atoms with Crippen molar-refractivity contribution >= 4 is 10.0 Å². The molecule has 0 bridgehead atoms. The number of methoxy groups -OCH3 is 2. The molecule has 0 aromatic heterocycles. The molecule has 0 aliphatic carbocycles. The van der Waals surface area contributed by atoms with Crippen LogP contribution in [0.4, 0.5) is 8.78 Å². The summed E-state index contributed by atoms with van der Waals surface area (Å²) in [6.45, 7) is -0.437. The van der Waals surface area contributed by atoms with Crippen molar-refractivity contribution in [3.8, 4) is 11.5 Å². The summed E-state index contributed by atoms with van der Waals surface area (Å²) >= 11 is 0. The molecule has 1 unspecified atom stereocenters. The Bertz CT molecular complexity index is 858. The Morgan fingerprint density at radius 2 is 1.76 bits per heavy atom. The average Bonchev–Trinajstić information content (AvgIpc) is 2.61. The standard InChI is InChI=1S/C16H17F2NO5S/c1-23-14-6-3-10(7-15(14)24-2)13(20)9-19-25(21,22)16-8-11(17)4-5-12(16)18/h3-8,13,19-20H,9H2,1-2H3. The molecule has 2 aromatic carbocycles. The van der Waals surface area contributed by atoms with Crippen molar-refractivity contribution < 1.29 is 31.8 Å². The third kappa shape index (κ3) is 4.44. The molecule has 25 heavy (non-hydrogen) atoms. The number of ether oxygens (including phenoxy) is 2. The summed E-state index contributed by atoms with van der Waals surface area (Å²) in [4.78, 5) is -0.827. The molecule has 0 fully saturated rings. The maximum Gasteiger partial charge on any atom is 0.243 e. The van der Waals surface area contributed by atoms with E-state index in [0.29, 0.717) is 29.2 Å². The van der Waals surface area contributed by atoms with Crippen LogP contribution in [0.3, 0.4) is 0 Å². The van der Waals surface area contributed by atoms with Crippen molar-refractivity contribution in [1.29, 1.82) is 0 Å². The predicted molar refractivity (Wildman–Crippen MR) is 86.1 cm³/mol. The number of hydrogen-bond donors (Lipinski definition) is 2. The van der Waals surface area contributed by atoms with Gasteiger partial charge in [0.15, 0.2) is 11.5 Å². The molecule has 2 rings (SSSR count). The SMILES string of the molecule is COc1ccc(C(O)CNS(=O)(=O)c2cc(F)ccc2F)cc1OC. The molecule has 6 nitrogen and oxygen atoms in total. The van der Waals surface area contributed by atoms with E-state index in [9.17, 15) is 22.3 Å². The molecular weight excluding hydrogens is 356 g/mol. The minimum absolute atomic E-state index is 0.359. The van der Waals surface area contributed by atoms with E-state index in [0.717, 1.165) is 6.07 Å². The van der Waals surface area contributed by atoms with E-state index in [1.165, 1.54) is 26.4 Å². The molecule has 0 saturated carbocycles. The Kier molecular flexibility index (Phi) is 5.93. The van der Waals surface area contributed by atoms with Crippen LogP contribution in [-0.4, -0.2) is 34.3 Å². The van der Waals surface area contributed by atoms with Gasteiger partial charge in [0, 0.05) is 6.54 Å². The molecule has 0 saturated heterocycles. The van der Waals surface area contributed by atoms with Crippen LogP contribution in [0, 0.1) is 11.6 Å². The van der Waals surface area contributed by atoms with Gasteiger partial charge in [-0.2, -0.15) is 0 Å². The Morgan fingerprint density at radius 1 is 1.08 bits per heavy atom. The van der Waals surface area contributed by atoms with Crippen LogP contribution in [0.15, 0.2) is 41.3 Å². The number of sulfonamides is 1. The molecule has 1 atom stereocenters. The molecule has 0 aliphatic heterocycles. The van der Waals surface area contributed by atoms with Gasteiger partial charge in [-0.3, -0.25) is 0 Å². The summed E-state index contributed by atoms with van der Waals surface area (Å²) in [6, 6.07) is 6.67. The highest BCUT2D eigenvalue weighted by Gasteiger charge is 2.21. The van der Waals surface area contributed by atoms with Crippen molar-refractivity contribution in [2.24, 2.45) is 0 Å². The van der Waals surface area contributed by atoms with Crippen molar-refractivity contribution in [1.82, 2.24) is 4.72 Å². The molecule has 2 N–H and O–H groups in total. The van der Waals surface area contributed by atoms with Crippen LogP contribution < -0.4 is 14.2 Å². The summed E-state index contributed by atoms with van der Waals surface area (Å²) in [5, 5.41) is 10.1. The van der Waals surface area contributed by atoms with E-state index in [4.69, 9.17) is 9.47 Å². The van der Waals surface area contributed by atoms with Crippen molar-refractivity contribution in [2.75, 3.05) is 20.8 Å². The first-order chi connectivity index (χ1) is 11.8. The van der Waals surface area contributed by atoms with Gasteiger partial charge in [0.05, 0.1) is 20.3 Å². The fraction of sp³-hybridized carbons (Fsp3) is 0.250. The first-order valence-corrected chi connectivity index (χ1v) is 8.61. The van der Waals surface area contributed by atoms with E-state index >= 15 is 0 Å². The molecule has 0 amide bonds. The first-order valence-electron chi connectivity index (χ1n) is 7.13. The summed E-state index contributed by atoms with van der Waals surface area (Å²) in [5.74, 6) is -1.17. The van der Waals surface area contributed by atoms with E-state index in [2.05, 4.69) is 4.72 Å². The lowest BCUT2D eigenvalue weighted by molar-refractivity contribution is 0.181. The predicted octanol–water partition coefficient (Wildman–Crippen LogP) is 1.99. The zero-order chi connectivity index (χ0) is 18.6. The van der Waals surface area contributed by atoms with Crippen LogP contribution in [0.2, 0.25) is 0 Å². The zero-order valence-corrected chi connectivity index (χ0v) is 14.3. The van der Waals surface area contributed by atoms with E-state index < -0.39 is 39.2 Å². The highest BCUT2D eigenvalue weighted by atomic mass is 32.2. The first kappa shape index (κ1) is 19.1. The number of rotatable bonds is 7. The van der Waals surface area contributed by atoms with Crippen LogP contribution in [0.25, 0.3) is 0 Å². The highest BCUT2D eigenvalue weighted by Crippen LogP contribution is 2.30. The monoisotopic (exact) mass is 373 g/mol. The van der Waals surface area contributed by atoms with Gasteiger partial charge in [-0.25, -0.2) is 21.9 Å². The third-order valence-electron chi connectivity index (χ3n) is 3.44. The second-order valence-electron chi connectivity index (χ2n) is 5.06. The molecule has 0 radical (unpaired) electrons. The lowest BCUT2D eigenvalue weighted by Crippen LogP contribution is -2.29. The van der Waals surface area contributed by atoms with E-state index in [-0.39, 0.29) is 0 Å². The van der Waals surface area contributed by atoms with Crippen molar-refractivity contribution in [2.45, 2.75) is 11.0 Å². The van der Waals surface area contributed by atoms with Gasteiger partial charge < -0.3 is 14.6 Å². The number of aliphatic hydroxyl groups is 1. The Balaban J connectivity index is 2.16. The van der Waals surface area contributed by atoms with E-state index in [1.54, 1.807) is 6.07 Å². The van der Waals surface area contributed by atoms with Crippen molar-refractivity contribution in [3.63, 3.8) is 0 Å². The van der Waals surface area contributed by atoms with E-state index in [1.807, 2.05) is 0 Å². The minimum atomic E-state index is -4.33. The number of benzene rings is 2. The lowest BCUT2D eigenvalue weighted by atomic mass is 10.1. The molecule has 2 aromatic rings. The van der Waals surface area contributed by atoms with Gasteiger partial charge in [0.1, 0.15) is 16.5 Å². The smallest absolute Gasteiger partial charge is 0.243 e.